The Labute approximate surface area is 140 Å². The van der Waals surface area contributed by atoms with E-state index in [9.17, 15) is 0 Å². The minimum atomic E-state index is -0.124. The zero-order valence-corrected chi connectivity index (χ0v) is 15.0. The van der Waals surface area contributed by atoms with Crippen molar-refractivity contribution in [2.24, 2.45) is 0 Å². The normalized spacial score (nSPS) is 12.0. The van der Waals surface area contributed by atoms with Crippen molar-refractivity contribution in [1.82, 2.24) is 15.0 Å². The van der Waals surface area contributed by atoms with E-state index in [4.69, 9.17) is 11.6 Å². The summed E-state index contributed by atoms with van der Waals surface area (Å²) >= 11 is 11.4. The number of pyridine rings is 1. The van der Waals surface area contributed by atoms with Gasteiger partial charge in [-0.15, -0.1) is 11.3 Å². The smallest absolute Gasteiger partial charge is 0.162 e. The molecule has 0 saturated heterocycles. The van der Waals surface area contributed by atoms with Crippen molar-refractivity contribution in [3.8, 4) is 11.4 Å². The highest BCUT2D eigenvalue weighted by atomic mass is 79.9. The van der Waals surface area contributed by atoms with Gasteiger partial charge in [-0.25, -0.2) is 9.97 Å². The number of nitrogens with zero attached hydrogens (tertiary/aromatic N) is 3. The maximum absolute atomic E-state index is 6.26. The van der Waals surface area contributed by atoms with Gasteiger partial charge in [0, 0.05) is 17.2 Å². The first-order valence-electron chi connectivity index (χ1n) is 6.43. The van der Waals surface area contributed by atoms with Gasteiger partial charge in [-0.05, 0) is 33.4 Å². The van der Waals surface area contributed by atoms with Gasteiger partial charge < -0.3 is 0 Å². The number of halogens is 2. The number of fused-ring (bicyclic) bond motifs is 1. The van der Waals surface area contributed by atoms with Crippen molar-refractivity contribution in [1.29, 1.82) is 0 Å². The molecule has 0 fully saturated rings. The Balaban J connectivity index is 2.20. The van der Waals surface area contributed by atoms with E-state index < -0.39 is 0 Å². The zero-order valence-electron chi connectivity index (χ0n) is 11.8. The van der Waals surface area contributed by atoms with E-state index in [1.165, 1.54) is 0 Å². The molecule has 108 valence electrons. The summed E-state index contributed by atoms with van der Waals surface area (Å²) in [5.41, 5.74) is 2.64. The third-order valence-corrected chi connectivity index (χ3v) is 5.19. The first-order chi connectivity index (χ1) is 9.86. The van der Waals surface area contributed by atoms with E-state index >= 15 is 0 Å². The lowest BCUT2D eigenvalue weighted by Gasteiger charge is -2.20. The van der Waals surface area contributed by atoms with Crippen LogP contribution in [0, 0.1) is 0 Å². The van der Waals surface area contributed by atoms with Crippen LogP contribution in [-0.4, -0.2) is 15.0 Å². The Morgan fingerprint density at radius 1 is 1.24 bits per heavy atom. The standard InChI is InChI=1S/C15H13BrClN3S/c1-15(2,3)12-11(16)13(17)20-14(19-12)8-6-10-9(18-7-8)4-5-21-10/h4-7H,1-3H3. The fourth-order valence-corrected chi connectivity index (χ4v) is 3.74. The molecule has 0 amide bonds. The van der Waals surface area contributed by atoms with Gasteiger partial charge in [0.05, 0.1) is 20.4 Å². The molecule has 3 aromatic rings. The van der Waals surface area contributed by atoms with E-state index in [-0.39, 0.29) is 5.41 Å². The lowest BCUT2D eigenvalue weighted by atomic mass is 9.92. The van der Waals surface area contributed by atoms with Crippen LogP contribution in [0.3, 0.4) is 0 Å². The summed E-state index contributed by atoms with van der Waals surface area (Å²) in [6.45, 7) is 6.29. The SMILES string of the molecule is CC(C)(C)c1nc(-c2cnc3ccsc3c2)nc(Cl)c1Br. The lowest BCUT2D eigenvalue weighted by Crippen LogP contribution is -2.16. The van der Waals surface area contributed by atoms with Gasteiger partial charge >= 0.3 is 0 Å². The van der Waals surface area contributed by atoms with Gasteiger partial charge in [0.2, 0.25) is 0 Å². The molecule has 6 heteroatoms. The van der Waals surface area contributed by atoms with E-state index in [0.29, 0.717) is 11.0 Å². The number of hydrogen-bond acceptors (Lipinski definition) is 4. The van der Waals surface area contributed by atoms with Crippen molar-refractivity contribution in [2.75, 3.05) is 0 Å². The van der Waals surface area contributed by atoms with Crippen molar-refractivity contribution in [3.05, 3.63) is 39.0 Å². The van der Waals surface area contributed by atoms with Crippen LogP contribution in [0.4, 0.5) is 0 Å². The molecule has 0 bridgehead atoms. The molecular formula is C15H13BrClN3S. The summed E-state index contributed by atoms with van der Waals surface area (Å²) in [6, 6.07) is 4.05. The van der Waals surface area contributed by atoms with Gasteiger partial charge in [0.1, 0.15) is 5.15 Å². The molecule has 0 aliphatic rings. The van der Waals surface area contributed by atoms with Gasteiger partial charge in [0.15, 0.2) is 5.82 Å². The Morgan fingerprint density at radius 3 is 2.71 bits per heavy atom. The molecule has 0 N–H and O–H groups in total. The van der Waals surface area contributed by atoms with Crippen LogP contribution in [0.25, 0.3) is 21.6 Å². The second-order valence-corrected chi connectivity index (χ2v) is 7.88. The molecule has 3 rings (SSSR count). The Hall–Kier alpha value is -1.04. The maximum atomic E-state index is 6.26. The molecule has 0 atom stereocenters. The van der Waals surface area contributed by atoms with Gasteiger partial charge in [0.25, 0.3) is 0 Å². The first kappa shape index (κ1) is 14.9. The van der Waals surface area contributed by atoms with E-state index in [0.717, 1.165) is 25.9 Å². The Kier molecular flexibility index (Phi) is 3.76. The topological polar surface area (TPSA) is 38.7 Å². The fourth-order valence-electron chi connectivity index (χ4n) is 2.01. The lowest BCUT2D eigenvalue weighted by molar-refractivity contribution is 0.564. The van der Waals surface area contributed by atoms with E-state index in [2.05, 4.69) is 57.7 Å². The van der Waals surface area contributed by atoms with E-state index in [1.807, 2.05) is 11.4 Å². The molecule has 3 aromatic heterocycles. The van der Waals surface area contributed by atoms with Crippen LogP contribution in [0.15, 0.2) is 28.2 Å². The first-order valence-corrected chi connectivity index (χ1v) is 8.48. The van der Waals surface area contributed by atoms with Crippen LogP contribution in [0.2, 0.25) is 5.15 Å². The number of rotatable bonds is 1. The number of aromatic nitrogens is 3. The molecule has 3 nitrogen and oxygen atoms in total. The minimum absolute atomic E-state index is 0.124. The van der Waals surface area contributed by atoms with Crippen LogP contribution >= 0.6 is 38.9 Å². The van der Waals surface area contributed by atoms with Crippen LogP contribution in [0.5, 0.6) is 0 Å². The van der Waals surface area contributed by atoms with Gasteiger partial charge in [-0.1, -0.05) is 32.4 Å². The fraction of sp³-hybridized carbons (Fsp3) is 0.267. The van der Waals surface area contributed by atoms with Crippen LogP contribution in [0.1, 0.15) is 26.5 Å². The summed E-state index contributed by atoms with van der Waals surface area (Å²) in [6.07, 6.45) is 1.79. The minimum Gasteiger partial charge on any atom is -0.255 e. The summed E-state index contributed by atoms with van der Waals surface area (Å²) in [5.74, 6) is 0.607. The number of hydrogen-bond donors (Lipinski definition) is 0. The van der Waals surface area contributed by atoms with Crippen molar-refractivity contribution < 1.29 is 0 Å². The maximum Gasteiger partial charge on any atom is 0.162 e. The second-order valence-electron chi connectivity index (χ2n) is 5.78. The molecule has 0 aromatic carbocycles. The van der Waals surface area contributed by atoms with Crippen LogP contribution in [-0.2, 0) is 5.41 Å². The van der Waals surface area contributed by atoms with Crippen molar-refractivity contribution >= 4 is 49.1 Å². The predicted molar refractivity (Wildman–Crippen MR) is 92.1 cm³/mol. The van der Waals surface area contributed by atoms with Crippen LogP contribution < -0.4 is 0 Å². The predicted octanol–water partition coefficient (Wildman–Crippen LogP) is 5.47. The highest BCUT2D eigenvalue weighted by molar-refractivity contribution is 9.10. The van der Waals surface area contributed by atoms with Crippen molar-refractivity contribution in [2.45, 2.75) is 26.2 Å². The third kappa shape index (κ3) is 2.82. The third-order valence-electron chi connectivity index (χ3n) is 3.08. The second kappa shape index (κ2) is 5.30. The molecule has 3 heterocycles. The highest BCUT2D eigenvalue weighted by Gasteiger charge is 2.23. The number of thiophene rings is 1. The van der Waals surface area contributed by atoms with E-state index in [1.54, 1.807) is 17.5 Å². The van der Waals surface area contributed by atoms with Crippen molar-refractivity contribution in [3.63, 3.8) is 0 Å². The zero-order chi connectivity index (χ0) is 15.2. The monoisotopic (exact) mass is 381 g/mol. The Bertz CT molecular complexity index is 823. The summed E-state index contributed by atoms with van der Waals surface area (Å²) < 4.78 is 1.87. The molecule has 0 aliphatic heterocycles. The summed E-state index contributed by atoms with van der Waals surface area (Å²) in [4.78, 5) is 13.5. The van der Waals surface area contributed by atoms with Gasteiger partial charge in [-0.3, -0.25) is 4.98 Å². The highest BCUT2D eigenvalue weighted by Crippen LogP contribution is 2.34. The average Bonchev–Trinajstić information content (AvgIpc) is 2.87. The average molecular weight is 383 g/mol. The molecule has 0 radical (unpaired) electrons. The molecule has 0 spiro atoms. The largest absolute Gasteiger partial charge is 0.255 e. The van der Waals surface area contributed by atoms with Gasteiger partial charge in [-0.2, -0.15) is 0 Å². The molecular weight excluding hydrogens is 370 g/mol. The Morgan fingerprint density at radius 2 is 2.00 bits per heavy atom. The quantitative estimate of drug-likeness (QED) is 0.524. The molecule has 0 aliphatic carbocycles. The molecule has 0 unspecified atom stereocenters. The molecule has 21 heavy (non-hydrogen) atoms. The summed E-state index contributed by atoms with van der Waals surface area (Å²) in [5, 5.41) is 2.45. The molecule has 0 saturated carbocycles. The summed E-state index contributed by atoms with van der Waals surface area (Å²) in [7, 11) is 0.